The van der Waals surface area contributed by atoms with Crippen LogP contribution in [0.5, 0.6) is 0 Å². The summed E-state index contributed by atoms with van der Waals surface area (Å²) in [6.07, 6.45) is 0. The Morgan fingerprint density at radius 1 is 1.08 bits per heavy atom. The van der Waals surface area contributed by atoms with Gasteiger partial charge in [0.2, 0.25) is 5.91 Å². The highest BCUT2D eigenvalue weighted by molar-refractivity contribution is 9.10. The van der Waals surface area contributed by atoms with Gasteiger partial charge in [-0.05, 0) is 49.0 Å². The minimum absolute atomic E-state index is 0.118. The number of aryl methyl sites for hydroxylation is 1. The molecule has 0 aromatic heterocycles. The van der Waals surface area contributed by atoms with Crippen molar-refractivity contribution in [3.63, 3.8) is 0 Å². The van der Waals surface area contributed by atoms with Crippen LogP contribution in [-0.2, 0) is 10.5 Å². The molecule has 0 saturated carbocycles. The average molecular weight is 424 g/mol. The van der Waals surface area contributed by atoms with Gasteiger partial charge < -0.3 is 5.32 Å². The lowest BCUT2D eigenvalue weighted by Gasteiger charge is -2.11. The van der Waals surface area contributed by atoms with Crippen molar-refractivity contribution < 1.29 is 4.79 Å². The van der Waals surface area contributed by atoms with E-state index in [1.165, 1.54) is 11.1 Å². The van der Waals surface area contributed by atoms with E-state index in [1.807, 2.05) is 24.3 Å². The van der Waals surface area contributed by atoms with Crippen LogP contribution in [0.25, 0.3) is 0 Å². The van der Waals surface area contributed by atoms with Crippen molar-refractivity contribution in [2.24, 2.45) is 0 Å². The number of halogens is 1. The first kappa shape index (κ1) is 18.8. The first-order valence-corrected chi connectivity index (χ1v) is 9.63. The number of carbonyl (C=O) groups is 1. The van der Waals surface area contributed by atoms with Gasteiger partial charge in [-0.2, -0.15) is 0 Å². The Labute approximate surface area is 159 Å². The van der Waals surface area contributed by atoms with Gasteiger partial charge in [0.25, 0.3) is 0 Å². The summed E-state index contributed by atoms with van der Waals surface area (Å²) in [5, 5.41) is 3.33. The molecule has 0 spiro atoms. The van der Waals surface area contributed by atoms with Crippen LogP contribution < -0.4 is 16.2 Å². The molecule has 0 heterocycles. The lowest BCUT2D eigenvalue weighted by atomic mass is 10.2. The summed E-state index contributed by atoms with van der Waals surface area (Å²) in [5.74, 6) is 1.05. The largest absolute Gasteiger partial charge is 0.331 e. The normalized spacial score (nSPS) is 10.1. The highest BCUT2D eigenvalue weighted by atomic mass is 79.9. The molecule has 0 radical (unpaired) electrons. The molecule has 2 rings (SSSR count). The van der Waals surface area contributed by atoms with Crippen LogP contribution in [0, 0.1) is 6.92 Å². The molecule has 3 N–H and O–H groups in total. The van der Waals surface area contributed by atoms with Gasteiger partial charge in [0.15, 0.2) is 5.11 Å². The third-order valence-electron chi connectivity index (χ3n) is 3.04. The number of thiocarbonyl (C=S) groups is 1. The summed E-state index contributed by atoms with van der Waals surface area (Å²) in [7, 11) is 0. The Bertz CT molecular complexity index is 690. The third-order valence-corrected chi connectivity index (χ3v) is 4.78. The molecule has 126 valence electrons. The Hall–Kier alpha value is -1.57. The zero-order valence-electron chi connectivity index (χ0n) is 13.1. The second-order valence-electron chi connectivity index (χ2n) is 5.11. The minimum atomic E-state index is -0.118. The lowest BCUT2D eigenvalue weighted by molar-refractivity contribution is -0.119. The molecule has 0 bridgehead atoms. The van der Waals surface area contributed by atoms with Crippen LogP contribution in [0.3, 0.4) is 0 Å². The molecular weight excluding hydrogens is 406 g/mol. The second-order valence-corrected chi connectivity index (χ2v) is 7.42. The van der Waals surface area contributed by atoms with E-state index < -0.39 is 0 Å². The molecule has 4 nitrogen and oxygen atoms in total. The van der Waals surface area contributed by atoms with E-state index in [1.54, 1.807) is 11.8 Å². The highest BCUT2D eigenvalue weighted by Crippen LogP contribution is 2.14. The predicted octanol–water partition coefficient (Wildman–Crippen LogP) is 4.01. The van der Waals surface area contributed by atoms with Crippen molar-refractivity contribution in [2.75, 3.05) is 11.1 Å². The van der Waals surface area contributed by atoms with Crippen LogP contribution in [-0.4, -0.2) is 16.8 Å². The van der Waals surface area contributed by atoms with E-state index in [0.29, 0.717) is 10.9 Å². The number of hydrazine groups is 1. The van der Waals surface area contributed by atoms with Crippen LogP contribution >= 0.6 is 39.9 Å². The Morgan fingerprint density at radius 2 is 1.75 bits per heavy atom. The molecule has 2 aromatic carbocycles. The monoisotopic (exact) mass is 423 g/mol. The molecule has 0 saturated heterocycles. The molecule has 0 aliphatic rings. The highest BCUT2D eigenvalue weighted by Gasteiger charge is 2.03. The van der Waals surface area contributed by atoms with Gasteiger partial charge in [-0.1, -0.05) is 45.8 Å². The fourth-order valence-electron chi connectivity index (χ4n) is 1.80. The number of amides is 1. The maximum Gasteiger partial charge on any atom is 0.248 e. The van der Waals surface area contributed by atoms with Gasteiger partial charge in [-0.15, -0.1) is 11.8 Å². The fourth-order valence-corrected chi connectivity index (χ4v) is 3.03. The fraction of sp³-hybridized carbons (Fsp3) is 0.176. The first-order valence-electron chi connectivity index (χ1n) is 7.27. The van der Waals surface area contributed by atoms with E-state index in [-0.39, 0.29) is 5.91 Å². The quantitative estimate of drug-likeness (QED) is 0.500. The van der Waals surface area contributed by atoms with E-state index in [2.05, 4.69) is 63.3 Å². The predicted molar refractivity (Wildman–Crippen MR) is 109 cm³/mol. The van der Waals surface area contributed by atoms with Crippen molar-refractivity contribution in [2.45, 2.75) is 12.7 Å². The number of benzene rings is 2. The average Bonchev–Trinajstić information content (AvgIpc) is 2.57. The molecular formula is C17H18BrN3OS2. The van der Waals surface area contributed by atoms with Crippen molar-refractivity contribution in [1.82, 2.24) is 10.9 Å². The zero-order valence-corrected chi connectivity index (χ0v) is 16.4. The zero-order chi connectivity index (χ0) is 17.4. The van der Waals surface area contributed by atoms with Gasteiger partial charge in [-0.3, -0.25) is 15.6 Å². The maximum atomic E-state index is 11.8. The van der Waals surface area contributed by atoms with E-state index in [9.17, 15) is 4.79 Å². The topological polar surface area (TPSA) is 53.2 Å². The maximum absolute atomic E-state index is 11.8. The van der Waals surface area contributed by atoms with Crippen LogP contribution in [0.2, 0.25) is 0 Å². The molecule has 0 atom stereocenters. The third kappa shape index (κ3) is 6.90. The summed E-state index contributed by atoms with van der Waals surface area (Å²) >= 11 is 10.1. The summed E-state index contributed by atoms with van der Waals surface area (Å²) in [6.45, 7) is 2.06. The molecule has 0 aliphatic carbocycles. The van der Waals surface area contributed by atoms with Gasteiger partial charge in [0, 0.05) is 15.9 Å². The van der Waals surface area contributed by atoms with Crippen LogP contribution in [0.4, 0.5) is 5.69 Å². The van der Waals surface area contributed by atoms with Crippen molar-refractivity contribution in [3.05, 3.63) is 64.1 Å². The summed E-state index contributed by atoms with van der Waals surface area (Å²) < 4.78 is 0.992. The minimum Gasteiger partial charge on any atom is -0.331 e. The van der Waals surface area contributed by atoms with E-state index in [0.717, 1.165) is 15.9 Å². The Morgan fingerprint density at radius 3 is 2.42 bits per heavy atom. The number of carbonyl (C=O) groups excluding carboxylic acids is 1. The molecule has 24 heavy (non-hydrogen) atoms. The number of anilines is 1. The SMILES string of the molecule is Cc1ccc(CSCC(=O)NNC(=S)Nc2ccc(Br)cc2)cc1. The molecule has 1 amide bonds. The number of rotatable bonds is 5. The molecule has 0 unspecified atom stereocenters. The van der Waals surface area contributed by atoms with Crippen molar-refractivity contribution in [1.29, 1.82) is 0 Å². The Kier molecular flexibility index (Phi) is 7.55. The van der Waals surface area contributed by atoms with Gasteiger partial charge in [0.05, 0.1) is 5.75 Å². The van der Waals surface area contributed by atoms with Gasteiger partial charge >= 0.3 is 0 Å². The van der Waals surface area contributed by atoms with Crippen molar-refractivity contribution in [3.8, 4) is 0 Å². The van der Waals surface area contributed by atoms with Crippen LogP contribution in [0.1, 0.15) is 11.1 Å². The van der Waals surface area contributed by atoms with E-state index >= 15 is 0 Å². The number of hydrogen-bond donors (Lipinski definition) is 3. The molecule has 7 heteroatoms. The second kappa shape index (κ2) is 9.66. The summed E-state index contributed by atoms with van der Waals surface area (Å²) in [6, 6.07) is 15.9. The summed E-state index contributed by atoms with van der Waals surface area (Å²) in [5.41, 5.74) is 8.57. The molecule has 0 aliphatic heterocycles. The molecule has 0 fully saturated rings. The summed E-state index contributed by atoms with van der Waals surface area (Å²) in [4.78, 5) is 11.8. The standard InChI is InChI=1S/C17H18BrN3OS2/c1-12-2-4-13(5-3-12)10-24-11-16(22)20-21-17(23)19-15-8-6-14(18)7-9-15/h2-9H,10-11H2,1H3,(H,20,22)(H2,19,21,23). The van der Waals surface area contributed by atoms with Gasteiger partial charge in [0.1, 0.15) is 0 Å². The van der Waals surface area contributed by atoms with Crippen molar-refractivity contribution >= 4 is 56.6 Å². The first-order chi connectivity index (χ1) is 11.5. The van der Waals surface area contributed by atoms with Gasteiger partial charge in [-0.25, -0.2) is 0 Å². The number of hydrogen-bond acceptors (Lipinski definition) is 3. The Balaban J connectivity index is 1.64. The lowest BCUT2D eigenvalue weighted by Crippen LogP contribution is -2.44. The smallest absolute Gasteiger partial charge is 0.248 e. The molecule has 2 aromatic rings. The van der Waals surface area contributed by atoms with Crippen LogP contribution in [0.15, 0.2) is 53.0 Å². The number of nitrogens with one attached hydrogen (secondary N) is 3. The number of thioether (sulfide) groups is 1. The van der Waals surface area contributed by atoms with E-state index in [4.69, 9.17) is 12.2 Å².